The monoisotopic (exact) mass is 325 g/mol. The fourth-order valence-corrected chi connectivity index (χ4v) is 1.98. The summed E-state index contributed by atoms with van der Waals surface area (Å²) in [7, 11) is 0. The van der Waals surface area contributed by atoms with Crippen molar-refractivity contribution in [2.45, 2.75) is 19.8 Å². The maximum atomic E-state index is 5.98. The number of nitrogens with zero attached hydrogens (tertiary/aromatic N) is 2. The molecule has 4 N–H and O–H groups in total. The van der Waals surface area contributed by atoms with Gasteiger partial charge in [-0.3, -0.25) is 0 Å². The molecule has 1 aromatic heterocycles. The number of nitrogens with two attached hydrogens (primary N) is 1. The van der Waals surface area contributed by atoms with Crippen molar-refractivity contribution in [3.63, 3.8) is 0 Å². The zero-order valence-corrected chi connectivity index (χ0v) is 13.2. The molecule has 2 rings (SSSR count). The van der Waals surface area contributed by atoms with Crippen molar-refractivity contribution in [1.82, 2.24) is 9.97 Å². The molecule has 0 saturated carbocycles. The number of rotatable bonds is 6. The Kier molecular flexibility index (Phi) is 5.47. The molecule has 0 unspecified atom stereocenters. The fraction of sp³-hybridized carbons (Fsp3) is 0.286. The summed E-state index contributed by atoms with van der Waals surface area (Å²) in [5, 5.41) is 7.24. The van der Waals surface area contributed by atoms with Gasteiger partial charge < -0.3 is 16.4 Å². The van der Waals surface area contributed by atoms with Gasteiger partial charge in [0.05, 0.1) is 21.9 Å². The lowest BCUT2D eigenvalue weighted by Gasteiger charge is -2.10. The summed E-state index contributed by atoms with van der Waals surface area (Å²) in [4.78, 5) is 8.51. The number of halogens is 2. The molecule has 0 spiro atoms. The Morgan fingerprint density at radius 1 is 1.24 bits per heavy atom. The summed E-state index contributed by atoms with van der Waals surface area (Å²) in [5.41, 5.74) is 7.13. The largest absolute Gasteiger partial charge is 0.394 e. The number of aromatic nitrogens is 2. The van der Waals surface area contributed by atoms with Crippen LogP contribution >= 0.6 is 23.2 Å². The standard InChI is InChI=1S/C14H17Cl2N5/c1-2-3-6-18-13-12(17)8-19-14(21-13)20-9-4-5-10(15)11(16)7-9/h4-5,7-8H,2-3,6,17H2,1H3,(H2,18,19,20,21). The van der Waals surface area contributed by atoms with Crippen molar-refractivity contribution in [2.75, 3.05) is 22.9 Å². The number of hydrogen-bond acceptors (Lipinski definition) is 5. The van der Waals surface area contributed by atoms with Crippen LogP contribution in [-0.4, -0.2) is 16.5 Å². The van der Waals surface area contributed by atoms with Gasteiger partial charge >= 0.3 is 0 Å². The van der Waals surface area contributed by atoms with E-state index in [4.69, 9.17) is 28.9 Å². The number of benzene rings is 1. The first-order chi connectivity index (χ1) is 10.1. The lowest BCUT2D eigenvalue weighted by atomic mass is 10.3. The van der Waals surface area contributed by atoms with Gasteiger partial charge in [0, 0.05) is 12.2 Å². The van der Waals surface area contributed by atoms with Crippen molar-refractivity contribution in [2.24, 2.45) is 0 Å². The van der Waals surface area contributed by atoms with E-state index in [1.54, 1.807) is 24.4 Å². The Morgan fingerprint density at radius 3 is 2.76 bits per heavy atom. The Morgan fingerprint density at radius 2 is 2.05 bits per heavy atom. The first-order valence-corrected chi connectivity index (χ1v) is 7.44. The molecule has 0 bridgehead atoms. The van der Waals surface area contributed by atoms with E-state index in [0.29, 0.717) is 27.5 Å². The first kappa shape index (κ1) is 15.7. The molecule has 2 aromatic rings. The highest BCUT2D eigenvalue weighted by molar-refractivity contribution is 6.42. The molecule has 0 fully saturated rings. The molecular weight excluding hydrogens is 309 g/mol. The van der Waals surface area contributed by atoms with E-state index in [-0.39, 0.29) is 0 Å². The molecule has 0 radical (unpaired) electrons. The fourth-order valence-electron chi connectivity index (χ4n) is 1.68. The van der Waals surface area contributed by atoms with Crippen LogP contribution in [0.25, 0.3) is 0 Å². The average Bonchev–Trinajstić information content (AvgIpc) is 2.46. The van der Waals surface area contributed by atoms with Gasteiger partial charge in [0.25, 0.3) is 0 Å². The number of hydrogen-bond donors (Lipinski definition) is 3. The molecule has 0 atom stereocenters. The Labute approximate surface area is 133 Å². The van der Waals surface area contributed by atoms with Gasteiger partial charge in [0.1, 0.15) is 0 Å². The smallest absolute Gasteiger partial charge is 0.229 e. The van der Waals surface area contributed by atoms with E-state index < -0.39 is 0 Å². The van der Waals surface area contributed by atoms with Gasteiger partial charge in [-0.05, 0) is 24.6 Å². The molecule has 7 heteroatoms. The topological polar surface area (TPSA) is 75.9 Å². The summed E-state index contributed by atoms with van der Waals surface area (Å²) in [5.74, 6) is 1.07. The minimum atomic E-state index is 0.446. The molecule has 0 aliphatic rings. The molecule has 21 heavy (non-hydrogen) atoms. The van der Waals surface area contributed by atoms with E-state index in [2.05, 4.69) is 27.5 Å². The van der Waals surface area contributed by atoms with Crippen LogP contribution in [0.3, 0.4) is 0 Å². The van der Waals surface area contributed by atoms with Crippen molar-refractivity contribution in [3.8, 4) is 0 Å². The third kappa shape index (κ3) is 4.37. The van der Waals surface area contributed by atoms with Crippen LogP contribution in [0.15, 0.2) is 24.4 Å². The van der Waals surface area contributed by atoms with E-state index in [1.165, 1.54) is 0 Å². The molecule has 5 nitrogen and oxygen atoms in total. The van der Waals surface area contributed by atoms with Gasteiger partial charge in [-0.25, -0.2) is 4.98 Å². The van der Waals surface area contributed by atoms with Crippen LogP contribution < -0.4 is 16.4 Å². The molecule has 112 valence electrons. The second kappa shape index (κ2) is 7.33. The second-order valence-electron chi connectivity index (χ2n) is 4.53. The highest BCUT2D eigenvalue weighted by atomic mass is 35.5. The van der Waals surface area contributed by atoms with Crippen LogP contribution in [0.2, 0.25) is 10.0 Å². The lowest BCUT2D eigenvalue weighted by Crippen LogP contribution is -2.08. The number of anilines is 4. The van der Waals surface area contributed by atoms with E-state index in [1.807, 2.05) is 0 Å². The van der Waals surface area contributed by atoms with Crippen LogP contribution in [0, 0.1) is 0 Å². The maximum Gasteiger partial charge on any atom is 0.229 e. The highest BCUT2D eigenvalue weighted by Gasteiger charge is 2.06. The molecule has 0 aliphatic heterocycles. The average molecular weight is 326 g/mol. The van der Waals surface area contributed by atoms with Crippen LogP contribution in [-0.2, 0) is 0 Å². The van der Waals surface area contributed by atoms with Crippen molar-refractivity contribution in [3.05, 3.63) is 34.4 Å². The predicted octanol–water partition coefficient (Wildman–Crippen LogP) is 4.32. The SMILES string of the molecule is CCCCNc1nc(Nc2ccc(Cl)c(Cl)c2)ncc1N. The van der Waals surface area contributed by atoms with Gasteiger partial charge in [-0.1, -0.05) is 36.5 Å². The van der Waals surface area contributed by atoms with Gasteiger partial charge in [-0.15, -0.1) is 0 Å². The molecule has 0 amide bonds. The number of nitrogens with one attached hydrogen (secondary N) is 2. The second-order valence-corrected chi connectivity index (χ2v) is 5.35. The molecule has 1 aromatic carbocycles. The summed E-state index contributed by atoms with van der Waals surface area (Å²) in [6, 6.07) is 5.23. The third-order valence-corrected chi connectivity index (χ3v) is 3.55. The zero-order valence-electron chi connectivity index (χ0n) is 11.7. The van der Waals surface area contributed by atoms with Crippen molar-refractivity contribution < 1.29 is 0 Å². The third-order valence-electron chi connectivity index (χ3n) is 2.82. The Bertz CT molecular complexity index is 618. The quantitative estimate of drug-likeness (QED) is 0.689. The lowest BCUT2D eigenvalue weighted by molar-refractivity contribution is 0.831. The molecule has 0 saturated heterocycles. The van der Waals surface area contributed by atoms with Gasteiger partial charge in [0.15, 0.2) is 5.82 Å². The van der Waals surface area contributed by atoms with E-state index >= 15 is 0 Å². The van der Waals surface area contributed by atoms with Gasteiger partial charge in [-0.2, -0.15) is 4.98 Å². The first-order valence-electron chi connectivity index (χ1n) is 6.68. The number of nitrogen functional groups attached to an aromatic ring is 1. The van der Waals surface area contributed by atoms with Crippen LogP contribution in [0.5, 0.6) is 0 Å². The normalized spacial score (nSPS) is 10.4. The Hall–Kier alpha value is -1.72. The summed E-state index contributed by atoms with van der Waals surface area (Å²) >= 11 is 11.9. The van der Waals surface area contributed by atoms with Crippen LogP contribution in [0.1, 0.15) is 19.8 Å². The molecule has 1 heterocycles. The van der Waals surface area contributed by atoms with Crippen molar-refractivity contribution >= 4 is 46.3 Å². The summed E-state index contributed by atoms with van der Waals surface area (Å²) in [6.07, 6.45) is 3.73. The minimum absolute atomic E-state index is 0.446. The van der Waals surface area contributed by atoms with Crippen LogP contribution in [0.4, 0.5) is 23.1 Å². The number of unbranched alkanes of at least 4 members (excludes halogenated alkanes) is 1. The summed E-state index contributed by atoms with van der Waals surface area (Å²) < 4.78 is 0. The summed E-state index contributed by atoms with van der Waals surface area (Å²) in [6.45, 7) is 2.95. The van der Waals surface area contributed by atoms with E-state index in [9.17, 15) is 0 Å². The Balaban J connectivity index is 2.12. The molecular formula is C14H17Cl2N5. The predicted molar refractivity (Wildman–Crippen MR) is 89.6 cm³/mol. The van der Waals surface area contributed by atoms with Crippen molar-refractivity contribution in [1.29, 1.82) is 0 Å². The zero-order chi connectivity index (χ0) is 15.2. The van der Waals surface area contributed by atoms with Gasteiger partial charge in [0.2, 0.25) is 5.95 Å². The highest BCUT2D eigenvalue weighted by Crippen LogP contribution is 2.26. The maximum absolute atomic E-state index is 5.98. The van der Waals surface area contributed by atoms with E-state index in [0.717, 1.165) is 25.1 Å². The molecule has 0 aliphatic carbocycles. The minimum Gasteiger partial charge on any atom is -0.394 e.